The smallest absolute Gasteiger partial charge is 0.338 e. The average Bonchev–Trinajstić information content (AvgIpc) is 2.56. The fourth-order valence-corrected chi connectivity index (χ4v) is 5.52. The maximum absolute atomic E-state index is 12.1. The SMILES string of the molecule is O=C(O)CC(CC(=O)O)(OS(=O)(=O)CCS(=O)(=O)OC(CC(=O)O)(CC(=O)O)C(=O)O)C(=O)O. The zero-order valence-corrected chi connectivity index (χ0v) is 18.3. The second-order valence-electron chi connectivity index (χ2n) is 6.57. The summed E-state index contributed by atoms with van der Waals surface area (Å²) in [5.74, 6) is -16.2. The van der Waals surface area contributed by atoms with E-state index in [-0.39, 0.29) is 0 Å². The minimum atomic E-state index is -5.38. The van der Waals surface area contributed by atoms with Crippen molar-refractivity contribution in [2.45, 2.75) is 36.9 Å². The predicted molar refractivity (Wildman–Crippen MR) is 99.5 cm³/mol. The lowest BCUT2D eigenvalue weighted by atomic mass is 9.96. The van der Waals surface area contributed by atoms with Gasteiger partial charge in [-0.1, -0.05) is 0 Å². The van der Waals surface area contributed by atoms with Crippen molar-refractivity contribution in [3.05, 3.63) is 0 Å². The largest absolute Gasteiger partial charge is 0.481 e. The first-order chi connectivity index (χ1) is 15.2. The van der Waals surface area contributed by atoms with Crippen molar-refractivity contribution in [2.24, 2.45) is 0 Å². The van der Waals surface area contributed by atoms with E-state index in [2.05, 4.69) is 8.37 Å². The first-order valence-corrected chi connectivity index (χ1v) is 11.5. The molecule has 0 rings (SSSR count). The van der Waals surface area contributed by atoms with Crippen LogP contribution in [0.3, 0.4) is 0 Å². The summed E-state index contributed by atoms with van der Waals surface area (Å²) in [6, 6.07) is 0. The Morgan fingerprint density at radius 3 is 0.853 bits per heavy atom. The van der Waals surface area contributed by atoms with E-state index in [1.807, 2.05) is 0 Å². The van der Waals surface area contributed by atoms with Gasteiger partial charge in [-0.2, -0.15) is 16.8 Å². The van der Waals surface area contributed by atoms with E-state index in [1.165, 1.54) is 0 Å². The molecule has 0 saturated carbocycles. The highest BCUT2D eigenvalue weighted by molar-refractivity contribution is 7.90. The first-order valence-electron chi connectivity index (χ1n) is 8.38. The number of hydrogen-bond donors (Lipinski definition) is 6. The zero-order valence-electron chi connectivity index (χ0n) is 16.6. The van der Waals surface area contributed by atoms with Crippen LogP contribution in [0, 0.1) is 0 Å². The molecule has 18 nitrogen and oxygen atoms in total. The molecule has 0 heterocycles. The van der Waals surface area contributed by atoms with Gasteiger partial charge in [0.1, 0.15) is 0 Å². The molecule has 0 aliphatic heterocycles. The lowest BCUT2D eigenvalue weighted by molar-refractivity contribution is -0.167. The molecule has 0 fully saturated rings. The van der Waals surface area contributed by atoms with Crippen LogP contribution >= 0.6 is 0 Å². The van der Waals surface area contributed by atoms with Crippen LogP contribution in [0.4, 0.5) is 0 Å². The van der Waals surface area contributed by atoms with E-state index in [0.29, 0.717) is 0 Å². The summed E-state index contributed by atoms with van der Waals surface area (Å²) in [5, 5.41) is 53.5. The molecule has 0 amide bonds. The molecule has 0 spiro atoms. The van der Waals surface area contributed by atoms with Crippen LogP contribution < -0.4 is 0 Å². The molecule has 0 atom stereocenters. The first kappa shape index (κ1) is 30.6. The number of hydrogen-bond acceptors (Lipinski definition) is 12. The van der Waals surface area contributed by atoms with Crippen LogP contribution in [0.15, 0.2) is 0 Å². The van der Waals surface area contributed by atoms with E-state index >= 15 is 0 Å². The lowest BCUT2D eigenvalue weighted by Crippen LogP contribution is -2.48. The molecule has 0 unspecified atom stereocenters. The standard InChI is InChI=1S/C14H18O18S2/c15-7(16)3-13(11(23)24,4-8(17)18)31-33(27,28)1-2-34(29,30)32-14(12(25)26,5-9(19)20)6-10(21)22/h1-6H2,(H,15,16)(H,17,18)(H,19,20)(H,21,22)(H,23,24)(H,25,26). The molecule has 20 heteroatoms. The van der Waals surface area contributed by atoms with Gasteiger partial charge in [-0.05, 0) is 0 Å². The molecule has 0 aromatic carbocycles. The number of rotatable bonds is 17. The van der Waals surface area contributed by atoms with Gasteiger partial charge in [0, 0.05) is 0 Å². The molecule has 0 aromatic heterocycles. The Hall–Kier alpha value is -3.36. The second-order valence-corrected chi connectivity index (χ2v) is 9.95. The Labute approximate surface area is 189 Å². The van der Waals surface area contributed by atoms with Gasteiger partial charge in [0.2, 0.25) is 11.2 Å². The second kappa shape index (κ2) is 11.2. The predicted octanol–water partition coefficient (Wildman–Crippen LogP) is -2.78. The summed E-state index contributed by atoms with van der Waals surface area (Å²) in [6.07, 6.45) is -6.74. The number of carboxylic acids is 6. The van der Waals surface area contributed by atoms with Crippen molar-refractivity contribution in [1.82, 2.24) is 0 Å². The molecule has 0 aromatic rings. The molecule has 6 N–H and O–H groups in total. The molecular formula is C14H18O18S2. The van der Waals surface area contributed by atoms with Crippen molar-refractivity contribution >= 4 is 56.1 Å². The molecule has 0 bridgehead atoms. The lowest BCUT2D eigenvalue weighted by Gasteiger charge is -2.27. The van der Waals surface area contributed by atoms with Crippen LogP contribution in [-0.2, 0) is 57.4 Å². The fourth-order valence-electron chi connectivity index (χ4n) is 2.37. The van der Waals surface area contributed by atoms with E-state index in [4.69, 9.17) is 30.6 Å². The highest BCUT2D eigenvalue weighted by Gasteiger charge is 2.50. The minimum Gasteiger partial charge on any atom is -0.481 e. The quantitative estimate of drug-likeness (QED) is 0.102. The van der Waals surface area contributed by atoms with Crippen LogP contribution in [0.25, 0.3) is 0 Å². The number of carboxylic acid groups (broad SMARTS) is 6. The Bertz CT molecular complexity index is 950. The monoisotopic (exact) mass is 538 g/mol. The molecule has 34 heavy (non-hydrogen) atoms. The Morgan fingerprint density at radius 1 is 0.500 bits per heavy atom. The van der Waals surface area contributed by atoms with Crippen molar-refractivity contribution in [3.8, 4) is 0 Å². The van der Waals surface area contributed by atoms with Gasteiger partial charge in [0.25, 0.3) is 20.2 Å². The molecule has 194 valence electrons. The normalized spacial score (nSPS) is 12.6. The Kier molecular flexibility index (Phi) is 10.1. The third-order valence-corrected chi connectivity index (χ3v) is 6.50. The van der Waals surface area contributed by atoms with E-state index < -0.39 is 104 Å². The summed E-state index contributed by atoms with van der Waals surface area (Å²) in [7, 11) is -10.8. The van der Waals surface area contributed by atoms with Gasteiger partial charge < -0.3 is 30.6 Å². The van der Waals surface area contributed by atoms with Crippen LogP contribution in [0.2, 0.25) is 0 Å². The van der Waals surface area contributed by atoms with E-state index in [1.54, 1.807) is 0 Å². The van der Waals surface area contributed by atoms with Gasteiger partial charge in [0.05, 0.1) is 37.2 Å². The zero-order chi connectivity index (χ0) is 27.1. The van der Waals surface area contributed by atoms with Gasteiger partial charge in [-0.3, -0.25) is 27.5 Å². The molecule has 0 radical (unpaired) electrons. The van der Waals surface area contributed by atoms with Gasteiger partial charge in [0.15, 0.2) is 0 Å². The van der Waals surface area contributed by atoms with Crippen LogP contribution in [-0.4, -0.2) is 106 Å². The average molecular weight is 538 g/mol. The van der Waals surface area contributed by atoms with Crippen LogP contribution in [0.5, 0.6) is 0 Å². The van der Waals surface area contributed by atoms with Crippen molar-refractivity contribution in [2.75, 3.05) is 11.5 Å². The summed E-state index contributed by atoms with van der Waals surface area (Å²) < 4.78 is 56.9. The molecule has 0 saturated heterocycles. The van der Waals surface area contributed by atoms with Gasteiger partial charge in [-0.15, -0.1) is 0 Å². The summed E-state index contributed by atoms with van der Waals surface area (Å²) in [6.45, 7) is 0. The third-order valence-electron chi connectivity index (χ3n) is 3.68. The van der Waals surface area contributed by atoms with Crippen molar-refractivity contribution < 1.29 is 84.6 Å². The van der Waals surface area contributed by atoms with E-state index in [9.17, 15) is 45.6 Å². The highest BCUT2D eigenvalue weighted by atomic mass is 32.2. The van der Waals surface area contributed by atoms with Gasteiger partial charge >= 0.3 is 35.8 Å². The Morgan fingerprint density at radius 2 is 0.706 bits per heavy atom. The van der Waals surface area contributed by atoms with E-state index in [0.717, 1.165) is 0 Å². The highest BCUT2D eigenvalue weighted by Crippen LogP contribution is 2.27. The number of carbonyl (C=O) groups is 6. The molecule has 0 aliphatic carbocycles. The fraction of sp³-hybridized carbons (Fsp3) is 0.571. The summed E-state index contributed by atoms with van der Waals surface area (Å²) >= 11 is 0. The molecular weight excluding hydrogens is 520 g/mol. The van der Waals surface area contributed by atoms with Gasteiger partial charge in [-0.25, -0.2) is 9.59 Å². The molecule has 0 aliphatic rings. The topological polar surface area (TPSA) is 311 Å². The van der Waals surface area contributed by atoms with Crippen LogP contribution in [0.1, 0.15) is 25.7 Å². The summed E-state index contributed by atoms with van der Waals surface area (Å²) in [4.78, 5) is 66.4. The Balaban J connectivity index is 5.96. The minimum absolute atomic E-state index is 1.68. The summed E-state index contributed by atoms with van der Waals surface area (Å²) in [5.41, 5.74) is -6.78. The maximum atomic E-state index is 12.1. The van der Waals surface area contributed by atoms with Crippen molar-refractivity contribution in [3.63, 3.8) is 0 Å². The van der Waals surface area contributed by atoms with Crippen molar-refractivity contribution in [1.29, 1.82) is 0 Å². The maximum Gasteiger partial charge on any atom is 0.338 e. The third kappa shape index (κ3) is 9.64. The number of aliphatic carboxylic acids is 6.